The Hall–Kier alpha value is -3.40. The number of H-pyrrole nitrogens is 1. The van der Waals surface area contributed by atoms with E-state index in [0.29, 0.717) is 11.3 Å². The zero-order valence-electron chi connectivity index (χ0n) is 21.5. The topological polar surface area (TPSA) is 90.7 Å². The third kappa shape index (κ3) is 4.94. The summed E-state index contributed by atoms with van der Waals surface area (Å²) < 4.78 is 36.5. The van der Waals surface area contributed by atoms with Crippen molar-refractivity contribution in [2.45, 2.75) is 71.6 Å². The number of hydrogen-bond acceptors (Lipinski definition) is 6. The SMILES string of the molecule is CCc1cnn2c(NCc3nc4c(F)c(F)c(OC(C)C)cc4[nH]3)cc(N3CCCC[C@H]3CCO)cc12. The summed E-state index contributed by atoms with van der Waals surface area (Å²) in [5.74, 6) is -0.965. The lowest BCUT2D eigenvalue weighted by Gasteiger charge is -2.37. The summed E-state index contributed by atoms with van der Waals surface area (Å²) in [5, 5.41) is 17.6. The van der Waals surface area contributed by atoms with Crippen LogP contribution in [-0.4, -0.2) is 50.0 Å². The zero-order chi connectivity index (χ0) is 26.1. The Kier molecular flexibility index (Phi) is 7.19. The van der Waals surface area contributed by atoms with Gasteiger partial charge in [0, 0.05) is 37.0 Å². The molecule has 37 heavy (non-hydrogen) atoms. The van der Waals surface area contributed by atoms with E-state index in [1.807, 2.05) is 10.7 Å². The first-order chi connectivity index (χ1) is 17.9. The number of nitrogens with zero attached hydrogens (tertiary/aromatic N) is 4. The highest BCUT2D eigenvalue weighted by molar-refractivity contribution is 5.78. The number of hydrogen-bond donors (Lipinski definition) is 3. The second-order valence-corrected chi connectivity index (χ2v) is 9.88. The number of aliphatic hydroxyl groups excluding tert-OH is 1. The Balaban J connectivity index is 1.47. The monoisotopic (exact) mass is 512 g/mol. The fraction of sp³-hybridized carbons (Fsp3) is 0.481. The molecule has 1 aliphatic rings. The Morgan fingerprint density at radius 3 is 2.81 bits per heavy atom. The summed E-state index contributed by atoms with van der Waals surface area (Å²) in [6, 6.07) is 5.97. The highest BCUT2D eigenvalue weighted by Gasteiger charge is 2.24. The molecule has 4 aromatic rings. The Morgan fingerprint density at radius 2 is 2.05 bits per heavy atom. The molecule has 0 bridgehead atoms. The van der Waals surface area contributed by atoms with Crippen LogP contribution in [0.1, 0.15) is 57.8 Å². The molecule has 3 N–H and O–H groups in total. The van der Waals surface area contributed by atoms with Gasteiger partial charge in [-0.05, 0) is 57.6 Å². The first-order valence-corrected chi connectivity index (χ1v) is 13.0. The van der Waals surface area contributed by atoms with Crippen molar-refractivity contribution < 1.29 is 18.6 Å². The summed E-state index contributed by atoms with van der Waals surface area (Å²) in [5.41, 5.74) is 3.55. The molecule has 1 fully saturated rings. The number of rotatable bonds is 9. The van der Waals surface area contributed by atoms with E-state index < -0.39 is 11.6 Å². The van der Waals surface area contributed by atoms with Crippen molar-refractivity contribution in [1.29, 1.82) is 0 Å². The molecule has 1 aromatic carbocycles. The molecule has 5 rings (SSSR count). The molecular formula is C27H34F2N6O2. The van der Waals surface area contributed by atoms with E-state index in [0.717, 1.165) is 61.2 Å². The molecule has 1 atom stereocenters. The minimum absolute atomic E-state index is 0.0585. The number of anilines is 2. The van der Waals surface area contributed by atoms with E-state index in [4.69, 9.17) is 4.74 Å². The number of piperidine rings is 1. The maximum Gasteiger partial charge on any atom is 0.203 e. The maximum absolute atomic E-state index is 14.7. The molecule has 0 unspecified atom stereocenters. The van der Waals surface area contributed by atoms with Gasteiger partial charge >= 0.3 is 0 Å². The van der Waals surface area contributed by atoms with Crippen LogP contribution in [-0.2, 0) is 13.0 Å². The number of pyridine rings is 1. The van der Waals surface area contributed by atoms with Crippen LogP contribution in [0.4, 0.5) is 20.3 Å². The van der Waals surface area contributed by atoms with Crippen molar-refractivity contribution in [3.8, 4) is 5.75 Å². The van der Waals surface area contributed by atoms with Crippen molar-refractivity contribution in [2.24, 2.45) is 0 Å². The lowest BCUT2D eigenvalue weighted by atomic mass is 9.98. The Bertz CT molecular complexity index is 1400. The van der Waals surface area contributed by atoms with Crippen LogP contribution < -0.4 is 15.0 Å². The standard InChI is InChI=1S/C27H34F2N6O2/c1-4-17-14-31-35-21(17)11-19(34-9-6-5-7-18(34)8-10-36)12-24(35)30-15-23-32-20-13-22(37-16(2)3)25(28)26(29)27(20)33-23/h11-14,16,18,30,36H,4-10,15H2,1-3H3,(H,32,33)/t18-/m0/s1. The van der Waals surface area contributed by atoms with E-state index in [9.17, 15) is 13.9 Å². The van der Waals surface area contributed by atoms with E-state index in [-0.39, 0.29) is 36.6 Å². The van der Waals surface area contributed by atoms with Crippen LogP contribution in [0.2, 0.25) is 0 Å². The lowest BCUT2D eigenvalue weighted by molar-refractivity contribution is 0.228. The van der Waals surface area contributed by atoms with Crippen LogP contribution in [0.5, 0.6) is 5.75 Å². The van der Waals surface area contributed by atoms with Gasteiger partial charge in [-0.25, -0.2) is 13.9 Å². The Labute approximate surface area is 214 Å². The van der Waals surface area contributed by atoms with E-state index in [1.165, 1.54) is 6.07 Å². The summed E-state index contributed by atoms with van der Waals surface area (Å²) in [4.78, 5) is 9.77. The van der Waals surface area contributed by atoms with Crippen molar-refractivity contribution in [3.63, 3.8) is 0 Å². The van der Waals surface area contributed by atoms with Gasteiger partial charge in [-0.3, -0.25) is 0 Å². The largest absolute Gasteiger partial charge is 0.488 e. The molecule has 0 aliphatic carbocycles. The number of imidazole rings is 1. The number of benzene rings is 1. The van der Waals surface area contributed by atoms with Crippen LogP contribution in [0.15, 0.2) is 24.4 Å². The molecule has 0 saturated carbocycles. The van der Waals surface area contributed by atoms with Crippen molar-refractivity contribution in [1.82, 2.24) is 19.6 Å². The first-order valence-electron chi connectivity index (χ1n) is 13.0. The van der Waals surface area contributed by atoms with Gasteiger partial charge in [-0.1, -0.05) is 6.92 Å². The second-order valence-electron chi connectivity index (χ2n) is 9.88. The van der Waals surface area contributed by atoms with Gasteiger partial charge in [0.25, 0.3) is 0 Å². The highest BCUT2D eigenvalue weighted by atomic mass is 19.2. The van der Waals surface area contributed by atoms with E-state index >= 15 is 0 Å². The van der Waals surface area contributed by atoms with Crippen molar-refractivity contribution >= 4 is 28.1 Å². The Morgan fingerprint density at radius 1 is 1.22 bits per heavy atom. The molecule has 0 radical (unpaired) electrons. The number of aromatic amines is 1. The lowest BCUT2D eigenvalue weighted by Crippen LogP contribution is -2.40. The quantitative estimate of drug-likeness (QED) is 0.286. The van der Waals surface area contributed by atoms with E-state index in [2.05, 4.69) is 44.3 Å². The van der Waals surface area contributed by atoms with Crippen LogP contribution >= 0.6 is 0 Å². The minimum atomic E-state index is -1.04. The molecule has 10 heteroatoms. The predicted molar refractivity (Wildman–Crippen MR) is 140 cm³/mol. The number of aromatic nitrogens is 4. The van der Waals surface area contributed by atoms with Crippen molar-refractivity contribution in [3.05, 3.63) is 47.4 Å². The van der Waals surface area contributed by atoms with Gasteiger partial charge in [-0.15, -0.1) is 0 Å². The third-order valence-electron chi connectivity index (χ3n) is 6.96. The maximum atomic E-state index is 14.7. The number of aliphatic hydroxyl groups is 1. The normalized spacial score (nSPS) is 16.3. The number of nitrogens with one attached hydrogen (secondary N) is 2. The van der Waals surface area contributed by atoms with Gasteiger partial charge in [0.05, 0.1) is 29.9 Å². The molecule has 1 aliphatic heterocycles. The molecule has 4 heterocycles. The molecule has 0 amide bonds. The molecule has 3 aromatic heterocycles. The third-order valence-corrected chi connectivity index (χ3v) is 6.96. The smallest absolute Gasteiger partial charge is 0.203 e. The number of fused-ring (bicyclic) bond motifs is 2. The average Bonchev–Trinajstić information content (AvgIpc) is 3.50. The first kappa shape index (κ1) is 25.3. The number of halogens is 2. The van der Waals surface area contributed by atoms with Crippen LogP contribution in [0, 0.1) is 11.6 Å². The number of aryl methyl sites for hydroxylation is 1. The molecular weight excluding hydrogens is 478 g/mol. The summed E-state index contributed by atoms with van der Waals surface area (Å²) in [6.45, 7) is 6.98. The van der Waals surface area contributed by atoms with E-state index in [1.54, 1.807) is 13.8 Å². The second kappa shape index (κ2) is 10.5. The predicted octanol–water partition coefficient (Wildman–Crippen LogP) is 5.19. The van der Waals surface area contributed by atoms with Crippen molar-refractivity contribution in [2.75, 3.05) is 23.4 Å². The van der Waals surface area contributed by atoms with Gasteiger partial charge in [0.15, 0.2) is 11.6 Å². The van der Waals surface area contributed by atoms with Gasteiger partial charge in [0.1, 0.15) is 17.2 Å². The summed E-state index contributed by atoms with van der Waals surface area (Å²) in [6.07, 6.45) is 6.50. The zero-order valence-corrected chi connectivity index (χ0v) is 21.5. The van der Waals surface area contributed by atoms with Gasteiger partial charge in [0.2, 0.25) is 5.82 Å². The number of ether oxygens (including phenoxy) is 1. The minimum Gasteiger partial charge on any atom is -0.488 e. The molecule has 198 valence electrons. The van der Waals surface area contributed by atoms with Gasteiger partial charge in [-0.2, -0.15) is 9.49 Å². The fourth-order valence-electron chi connectivity index (χ4n) is 5.19. The van der Waals surface area contributed by atoms with Gasteiger partial charge < -0.3 is 25.0 Å². The molecule has 1 saturated heterocycles. The van der Waals surface area contributed by atoms with Crippen LogP contribution in [0.3, 0.4) is 0 Å². The molecule has 8 nitrogen and oxygen atoms in total. The summed E-state index contributed by atoms with van der Waals surface area (Å²) >= 11 is 0. The fourth-order valence-corrected chi connectivity index (χ4v) is 5.19. The highest BCUT2D eigenvalue weighted by Crippen LogP contribution is 2.32. The molecule has 0 spiro atoms. The van der Waals surface area contributed by atoms with Crippen LogP contribution in [0.25, 0.3) is 16.6 Å². The average molecular weight is 513 g/mol. The summed E-state index contributed by atoms with van der Waals surface area (Å²) in [7, 11) is 0.